The van der Waals surface area contributed by atoms with Gasteiger partial charge < -0.3 is 14.6 Å². The van der Waals surface area contributed by atoms with E-state index in [2.05, 4.69) is 4.98 Å². The van der Waals surface area contributed by atoms with Crippen LogP contribution < -0.4 is 4.74 Å². The van der Waals surface area contributed by atoms with Crippen LogP contribution in [0.1, 0.15) is 35.1 Å². The standard InChI is InChI=1S/C26H23F2NO4/c1-3-32-26(31)25-19-7-14-9-23(29-11-20(14)24(19)25)33-12-15-8-18(13(2)6-21(15)27)17-5-4-16(30)10-22(17)28/h4-6,8-11,19,24-25,30H,3,7,12H2,1-2H3/t19-,24-,25+/m1/s1. The Morgan fingerprint density at radius 3 is 2.73 bits per heavy atom. The molecule has 5 rings (SSSR count). The lowest BCUT2D eigenvalue weighted by atomic mass is 9.97. The largest absolute Gasteiger partial charge is 0.508 e. The van der Waals surface area contributed by atoms with Crippen molar-refractivity contribution in [3.63, 3.8) is 0 Å². The highest BCUT2D eigenvalue weighted by Crippen LogP contribution is 2.61. The van der Waals surface area contributed by atoms with Crippen molar-refractivity contribution in [2.45, 2.75) is 32.8 Å². The summed E-state index contributed by atoms with van der Waals surface area (Å²) in [5, 5.41) is 9.46. The number of carbonyl (C=O) groups excluding carboxylic acids is 1. The fourth-order valence-corrected chi connectivity index (χ4v) is 4.90. The van der Waals surface area contributed by atoms with Crippen molar-refractivity contribution in [3.8, 4) is 22.8 Å². The SMILES string of the molecule is CCOC(=O)[C@H]1[C@@H]2Cc3cc(OCc4cc(-c5ccc(O)cc5F)c(C)cc4F)ncc3[C@@H]21. The highest BCUT2D eigenvalue weighted by molar-refractivity contribution is 5.79. The molecule has 1 N–H and O–H groups in total. The summed E-state index contributed by atoms with van der Waals surface area (Å²) < 4.78 is 39.9. The summed E-state index contributed by atoms with van der Waals surface area (Å²) in [4.78, 5) is 16.4. The molecule has 1 fully saturated rings. The van der Waals surface area contributed by atoms with Crippen LogP contribution in [0.4, 0.5) is 8.78 Å². The Labute approximate surface area is 190 Å². The molecular formula is C26H23F2NO4. The van der Waals surface area contributed by atoms with E-state index >= 15 is 0 Å². The van der Waals surface area contributed by atoms with E-state index in [0.717, 1.165) is 23.6 Å². The predicted molar refractivity (Wildman–Crippen MR) is 117 cm³/mol. The summed E-state index contributed by atoms with van der Waals surface area (Å²) in [7, 11) is 0. The molecule has 0 saturated heterocycles. The predicted octanol–water partition coefficient (Wildman–Crippen LogP) is 5.07. The van der Waals surface area contributed by atoms with Crippen LogP contribution in [0.15, 0.2) is 42.6 Å². The van der Waals surface area contributed by atoms with Crippen molar-refractivity contribution in [3.05, 3.63) is 76.5 Å². The molecule has 1 saturated carbocycles. The molecule has 0 bridgehead atoms. The molecule has 170 valence electrons. The van der Waals surface area contributed by atoms with Crippen LogP contribution in [0.5, 0.6) is 11.6 Å². The molecule has 2 aliphatic carbocycles. The number of aryl methyl sites for hydroxylation is 1. The number of hydrogen-bond donors (Lipinski definition) is 1. The smallest absolute Gasteiger partial charge is 0.309 e. The maximum absolute atomic E-state index is 14.6. The Morgan fingerprint density at radius 2 is 1.97 bits per heavy atom. The second kappa shape index (κ2) is 8.14. The van der Waals surface area contributed by atoms with Crippen molar-refractivity contribution in [2.24, 2.45) is 11.8 Å². The summed E-state index contributed by atoms with van der Waals surface area (Å²) in [6.45, 7) is 3.81. The molecule has 3 aromatic rings. The number of hydrogen-bond acceptors (Lipinski definition) is 5. The van der Waals surface area contributed by atoms with Gasteiger partial charge in [-0.05, 0) is 72.7 Å². The number of nitrogens with zero attached hydrogens (tertiary/aromatic N) is 1. The van der Waals surface area contributed by atoms with E-state index in [4.69, 9.17) is 9.47 Å². The van der Waals surface area contributed by atoms with Gasteiger partial charge in [-0.2, -0.15) is 0 Å². The minimum atomic E-state index is -0.587. The Kier molecular flexibility index (Phi) is 5.27. The Bertz CT molecular complexity index is 1260. The number of fused-ring (bicyclic) bond motifs is 3. The molecule has 0 radical (unpaired) electrons. The summed E-state index contributed by atoms with van der Waals surface area (Å²) in [6.07, 6.45) is 2.50. The van der Waals surface area contributed by atoms with Gasteiger partial charge in [0.05, 0.1) is 12.5 Å². The second-order valence-electron chi connectivity index (χ2n) is 8.60. The van der Waals surface area contributed by atoms with Crippen LogP contribution in [0.25, 0.3) is 11.1 Å². The number of aromatic nitrogens is 1. The zero-order valence-electron chi connectivity index (χ0n) is 18.3. The number of phenolic OH excluding ortho intramolecular Hbond substituents is 1. The van der Waals surface area contributed by atoms with Gasteiger partial charge >= 0.3 is 5.97 Å². The molecule has 2 aliphatic rings. The monoisotopic (exact) mass is 451 g/mol. The highest BCUT2D eigenvalue weighted by Gasteiger charge is 2.60. The number of esters is 1. The van der Waals surface area contributed by atoms with Gasteiger partial charge in [0, 0.05) is 35.4 Å². The maximum Gasteiger partial charge on any atom is 0.309 e. The third-order valence-corrected chi connectivity index (χ3v) is 6.55. The van der Waals surface area contributed by atoms with Gasteiger partial charge in [0.2, 0.25) is 5.88 Å². The van der Waals surface area contributed by atoms with Gasteiger partial charge in [-0.1, -0.05) is 0 Å². The average Bonchev–Trinajstić information content (AvgIpc) is 3.36. The molecule has 2 aromatic carbocycles. The third-order valence-electron chi connectivity index (χ3n) is 6.55. The molecule has 1 aromatic heterocycles. The first-order valence-electron chi connectivity index (χ1n) is 10.9. The molecule has 0 amide bonds. The van der Waals surface area contributed by atoms with Gasteiger partial charge in [0.15, 0.2) is 0 Å². The third kappa shape index (κ3) is 3.81. The fourth-order valence-electron chi connectivity index (χ4n) is 4.90. The Balaban J connectivity index is 1.32. The zero-order valence-corrected chi connectivity index (χ0v) is 18.3. The van der Waals surface area contributed by atoms with Crippen LogP contribution in [-0.4, -0.2) is 22.7 Å². The van der Waals surface area contributed by atoms with E-state index in [9.17, 15) is 18.7 Å². The molecule has 33 heavy (non-hydrogen) atoms. The van der Waals surface area contributed by atoms with Crippen molar-refractivity contribution in [1.29, 1.82) is 0 Å². The molecule has 5 nitrogen and oxygen atoms in total. The Morgan fingerprint density at radius 1 is 1.15 bits per heavy atom. The van der Waals surface area contributed by atoms with E-state index in [1.54, 1.807) is 26.1 Å². The number of halogens is 2. The molecule has 7 heteroatoms. The maximum atomic E-state index is 14.6. The number of benzene rings is 2. The molecule has 0 unspecified atom stereocenters. The number of aromatic hydroxyl groups is 1. The first-order chi connectivity index (χ1) is 15.9. The van der Waals surface area contributed by atoms with Crippen LogP contribution in [0, 0.1) is 30.4 Å². The first-order valence-corrected chi connectivity index (χ1v) is 10.9. The van der Waals surface area contributed by atoms with E-state index < -0.39 is 11.6 Å². The number of rotatable bonds is 6. The summed E-state index contributed by atoms with van der Waals surface area (Å²) in [6, 6.07) is 8.64. The van der Waals surface area contributed by atoms with E-state index in [-0.39, 0.29) is 47.2 Å². The number of phenols is 1. The lowest BCUT2D eigenvalue weighted by Gasteiger charge is -2.13. The number of pyridine rings is 1. The molecule has 3 atom stereocenters. The quantitative estimate of drug-likeness (QED) is 0.530. The van der Waals surface area contributed by atoms with Gasteiger partial charge in [0.1, 0.15) is 24.0 Å². The van der Waals surface area contributed by atoms with Crippen molar-refractivity contribution in [2.75, 3.05) is 6.61 Å². The van der Waals surface area contributed by atoms with Gasteiger partial charge in [-0.15, -0.1) is 0 Å². The van der Waals surface area contributed by atoms with Crippen LogP contribution >= 0.6 is 0 Å². The summed E-state index contributed by atoms with van der Waals surface area (Å²) >= 11 is 0. The fraction of sp³-hybridized carbons (Fsp3) is 0.308. The van der Waals surface area contributed by atoms with Crippen molar-refractivity contribution in [1.82, 2.24) is 4.98 Å². The van der Waals surface area contributed by atoms with Crippen molar-refractivity contribution < 1.29 is 28.2 Å². The number of carbonyl (C=O) groups is 1. The molecule has 0 spiro atoms. The lowest BCUT2D eigenvalue weighted by molar-refractivity contribution is -0.145. The minimum Gasteiger partial charge on any atom is -0.508 e. The van der Waals surface area contributed by atoms with E-state index in [1.165, 1.54) is 18.2 Å². The first kappa shape index (κ1) is 21.4. The van der Waals surface area contributed by atoms with E-state index in [0.29, 0.717) is 23.6 Å². The van der Waals surface area contributed by atoms with Gasteiger partial charge in [-0.25, -0.2) is 13.8 Å². The van der Waals surface area contributed by atoms with Crippen LogP contribution in [0.3, 0.4) is 0 Å². The molecular weight excluding hydrogens is 428 g/mol. The van der Waals surface area contributed by atoms with Gasteiger partial charge in [0.25, 0.3) is 0 Å². The average molecular weight is 451 g/mol. The van der Waals surface area contributed by atoms with E-state index in [1.807, 2.05) is 6.07 Å². The highest BCUT2D eigenvalue weighted by atomic mass is 19.1. The Hall–Kier alpha value is -3.48. The lowest BCUT2D eigenvalue weighted by Crippen LogP contribution is -2.11. The zero-order chi connectivity index (χ0) is 23.3. The normalized spacial score (nSPS) is 20.2. The summed E-state index contributed by atoms with van der Waals surface area (Å²) in [5.74, 6) is -0.632. The van der Waals surface area contributed by atoms with Crippen LogP contribution in [-0.2, 0) is 22.6 Å². The minimum absolute atomic E-state index is 0.0666. The van der Waals surface area contributed by atoms with Crippen LogP contribution in [0.2, 0.25) is 0 Å². The number of ether oxygens (including phenoxy) is 2. The van der Waals surface area contributed by atoms with Gasteiger partial charge in [-0.3, -0.25) is 4.79 Å². The molecule has 0 aliphatic heterocycles. The van der Waals surface area contributed by atoms with Crippen molar-refractivity contribution >= 4 is 5.97 Å². The molecule has 1 heterocycles. The second-order valence-corrected chi connectivity index (χ2v) is 8.60. The topological polar surface area (TPSA) is 68.7 Å². The summed E-state index contributed by atoms with van der Waals surface area (Å²) in [5.41, 5.74) is 3.79.